The molecule has 1 atom stereocenters. The van der Waals surface area contributed by atoms with Gasteiger partial charge in [0.05, 0.1) is 0 Å². The first-order chi connectivity index (χ1) is 14.1. The summed E-state index contributed by atoms with van der Waals surface area (Å²) < 4.78 is 20.7. The van der Waals surface area contributed by atoms with Crippen LogP contribution < -0.4 is 10.1 Å². The normalized spacial score (nSPS) is 14.6. The fourth-order valence-corrected chi connectivity index (χ4v) is 3.42. The lowest BCUT2D eigenvalue weighted by Gasteiger charge is -2.15. The number of nitrogens with one attached hydrogen (secondary N) is 1. The summed E-state index contributed by atoms with van der Waals surface area (Å²) in [7, 11) is 0. The van der Waals surface area contributed by atoms with Crippen LogP contribution in [-0.4, -0.2) is 26.8 Å². The molecule has 0 saturated carbocycles. The molecule has 1 aromatic heterocycles. The molecule has 150 valence electrons. The van der Waals surface area contributed by atoms with E-state index in [1.165, 1.54) is 30.7 Å². The number of fused-ring (bicyclic) bond motifs is 1. The lowest BCUT2D eigenvalue weighted by molar-refractivity contribution is -0.122. The van der Waals surface area contributed by atoms with E-state index < -0.39 is 6.10 Å². The smallest absolute Gasteiger partial charge is 0.265 e. The van der Waals surface area contributed by atoms with E-state index in [0.29, 0.717) is 11.4 Å². The van der Waals surface area contributed by atoms with Crippen LogP contribution in [0.4, 0.5) is 10.1 Å². The second kappa shape index (κ2) is 8.43. The highest BCUT2D eigenvalue weighted by Crippen LogP contribution is 2.24. The zero-order chi connectivity index (χ0) is 20.2. The Morgan fingerprint density at radius 3 is 2.59 bits per heavy atom. The molecule has 0 saturated heterocycles. The molecule has 0 unspecified atom stereocenters. The summed E-state index contributed by atoms with van der Waals surface area (Å²) >= 11 is 0. The Balaban J connectivity index is 1.41. The summed E-state index contributed by atoms with van der Waals surface area (Å²) in [5, 5.41) is 11.5. The van der Waals surface area contributed by atoms with Crippen LogP contribution in [0.25, 0.3) is 11.4 Å². The number of hydrogen-bond acceptors (Lipinski definition) is 4. The summed E-state index contributed by atoms with van der Waals surface area (Å²) in [6, 6.07) is 13.1. The number of hydrogen-bond donors (Lipinski definition) is 1. The van der Waals surface area contributed by atoms with Crippen LogP contribution in [-0.2, 0) is 17.8 Å². The van der Waals surface area contributed by atoms with Gasteiger partial charge in [-0.15, -0.1) is 10.2 Å². The van der Waals surface area contributed by atoms with Crippen LogP contribution in [0.5, 0.6) is 5.75 Å². The zero-order valence-electron chi connectivity index (χ0n) is 16.3. The molecule has 0 radical (unpaired) electrons. The predicted octanol–water partition coefficient (Wildman–Crippen LogP) is 4.22. The topological polar surface area (TPSA) is 69.0 Å². The van der Waals surface area contributed by atoms with Crippen molar-refractivity contribution in [2.75, 3.05) is 5.32 Å². The molecule has 6 nitrogen and oxygen atoms in total. The van der Waals surface area contributed by atoms with Crippen molar-refractivity contribution in [2.24, 2.45) is 0 Å². The monoisotopic (exact) mass is 394 g/mol. The molecule has 1 aliphatic rings. The van der Waals surface area contributed by atoms with Gasteiger partial charge in [0.1, 0.15) is 17.4 Å². The standard InChI is InChI=1S/C22H23FN4O2/c1-15(29-19-12-8-17(23)9-13-19)22(28)24-18-10-6-16(7-11-18)21-26-25-20-5-3-2-4-14-27(20)21/h6-13,15H,2-5,14H2,1H3,(H,24,28)/t15-/m0/s1. The lowest BCUT2D eigenvalue weighted by Crippen LogP contribution is -2.30. The molecule has 29 heavy (non-hydrogen) atoms. The average Bonchev–Trinajstić information content (AvgIpc) is 2.98. The van der Waals surface area contributed by atoms with Gasteiger partial charge in [0.15, 0.2) is 11.9 Å². The SMILES string of the molecule is C[C@H](Oc1ccc(F)cc1)C(=O)Nc1ccc(-c2nnc3n2CCCCC3)cc1. The van der Waals surface area contributed by atoms with Crippen LogP contribution >= 0.6 is 0 Å². The molecule has 7 heteroatoms. The molecule has 1 amide bonds. The van der Waals surface area contributed by atoms with Gasteiger partial charge in [-0.25, -0.2) is 4.39 Å². The van der Waals surface area contributed by atoms with E-state index in [4.69, 9.17) is 4.74 Å². The number of aromatic nitrogens is 3. The van der Waals surface area contributed by atoms with E-state index >= 15 is 0 Å². The summed E-state index contributed by atoms with van der Waals surface area (Å²) in [6.45, 7) is 2.59. The second-order valence-electron chi connectivity index (χ2n) is 7.18. The number of nitrogens with zero attached hydrogens (tertiary/aromatic N) is 3. The number of carbonyl (C=O) groups is 1. The molecule has 0 spiro atoms. The van der Waals surface area contributed by atoms with Crippen molar-refractivity contribution in [3.05, 3.63) is 60.2 Å². The highest BCUT2D eigenvalue weighted by atomic mass is 19.1. The van der Waals surface area contributed by atoms with Crippen LogP contribution in [0.15, 0.2) is 48.5 Å². The zero-order valence-corrected chi connectivity index (χ0v) is 16.3. The van der Waals surface area contributed by atoms with Crippen LogP contribution in [0.3, 0.4) is 0 Å². The van der Waals surface area contributed by atoms with Crippen molar-refractivity contribution in [1.82, 2.24) is 14.8 Å². The van der Waals surface area contributed by atoms with Gasteiger partial charge in [0.2, 0.25) is 0 Å². The third kappa shape index (κ3) is 4.45. The fourth-order valence-electron chi connectivity index (χ4n) is 3.42. The summed E-state index contributed by atoms with van der Waals surface area (Å²) in [5.41, 5.74) is 1.64. The molecule has 0 fully saturated rings. The molecule has 1 aliphatic heterocycles. The predicted molar refractivity (Wildman–Crippen MR) is 108 cm³/mol. The average molecular weight is 394 g/mol. The first-order valence-electron chi connectivity index (χ1n) is 9.86. The van der Waals surface area contributed by atoms with Crippen molar-refractivity contribution >= 4 is 11.6 Å². The Kier molecular flexibility index (Phi) is 5.55. The van der Waals surface area contributed by atoms with Gasteiger partial charge in [-0.3, -0.25) is 4.79 Å². The second-order valence-corrected chi connectivity index (χ2v) is 7.18. The molecule has 3 aromatic rings. The minimum atomic E-state index is -0.715. The highest BCUT2D eigenvalue weighted by molar-refractivity contribution is 5.94. The number of carbonyl (C=O) groups excluding carboxylic acids is 1. The van der Waals surface area contributed by atoms with Gasteiger partial charge in [0, 0.05) is 24.2 Å². The minimum absolute atomic E-state index is 0.279. The van der Waals surface area contributed by atoms with Gasteiger partial charge in [0.25, 0.3) is 5.91 Å². The van der Waals surface area contributed by atoms with Gasteiger partial charge >= 0.3 is 0 Å². The molecule has 2 heterocycles. The Morgan fingerprint density at radius 2 is 1.83 bits per heavy atom. The number of amides is 1. The largest absolute Gasteiger partial charge is 0.481 e. The van der Waals surface area contributed by atoms with Crippen molar-refractivity contribution in [3.8, 4) is 17.1 Å². The van der Waals surface area contributed by atoms with Gasteiger partial charge in [-0.1, -0.05) is 6.42 Å². The van der Waals surface area contributed by atoms with Crippen LogP contribution in [0.2, 0.25) is 0 Å². The quantitative estimate of drug-likeness (QED) is 0.704. The number of aryl methyl sites for hydroxylation is 1. The molecular weight excluding hydrogens is 371 g/mol. The summed E-state index contributed by atoms with van der Waals surface area (Å²) in [5.74, 6) is 1.73. The Bertz CT molecular complexity index is 983. The van der Waals surface area contributed by atoms with E-state index in [1.807, 2.05) is 24.3 Å². The van der Waals surface area contributed by atoms with E-state index in [9.17, 15) is 9.18 Å². The Labute approximate surface area is 168 Å². The Hall–Kier alpha value is -3.22. The van der Waals surface area contributed by atoms with Crippen molar-refractivity contribution in [2.45, 2.75) is 45.3 Å². The molecule has 0 bridgehead atoms. The van der Waals surface area contributed by atoms with Crippen LogP contribution in [0, 0.1) is 5.82 Å². The lowest BCUT2D eigenvalue weighted by atomic mass is 10.2. The van der Waals surface area contributed by atoms with Gasteiger partial charge < -0.3 is 14.6 Å². The van der Waals surface area contributed by atoms with E-state index in [0.717, 1.165) is 43.0 Å². The number of halogens is 1. The maximum Gasteiger partial charge on any atom is 0.265 e. The Morgan fingerprint density at radius 1 is 1.07 bits per heavy atom. The molecule has 1 N–H and O–H groups in total. The third-order valence-electron chi connectivity index (χ3n) is 5.02. The molecule has 4 rings (SSSR count). The maximum absolute atomic E-state index is 13.0. The van der Waals surface area contributed by atoms with E-state index in [2.05, 4.69) is 20.1 Å². The first-order valence-corrected chi connectivity index (χ1v) is 9.86. The summed E-state index contributed by atoms with van der Waals surface area (Å²) in [4.78, 5) is 12.4. The van der Waals surface area contributed by atoms with Crippen LogP contribution in [0.1, 0.15) is 32.0 Å². The fraction of sp³-hybridized carbons (Fsp3) is 0.318. The molecule has 2 aromatic carbocycles. The van der Waals surface area contributed by atoms with Crippen molar-refractivity contribution in [3.63, 3.8) is 0 Å². The summed E-state index contributed by atoms with van der Waals surface area (Å²) in [6.07, 6.45) is 3.76. The van der Waals surface area contributed by atoms with Crippen molar-refractivity contribution < 1.29 is 13.9 Å². The van der Waals surface area contributed by atoms with Gasteiger partial charge in [-0.2, -0.15) is 0 Å². The molecular formula is C22H23FN4O2. The first kappa shape index (κ1) is 19.1. The van der Waals surface area contributed by atoms with Gasteiger partial charge in [-0.05, 0) is 68.3 Å². The van der Waals surface area contributed by atoms with E-state index in [-0.39, 0.29) is 11.7 Å². The number of anilines is 1. The molecule has 0 aliphatic carbocycles. The number of benzene rings is 2. The highest BCUT2D eigenvalue weighted by Gasteiger charge is 2.17. The maximum atomic E-state index is 13.0. The third-order valence-corrected chi connectivity index (χ3v) is 5.02. The minimum Gasteiger partial charge on any atom is -0.481 e. The van der Waals surface area contributed by atoms with E-state index in [1.54, 1.807) is 6.92 Å². The number of ether oxygens (including phenoxy) is 1. The van der Waals surface area contributed by atoms with Crippen molar-refractivity contribution in [1.29, 1.82) is 0 Å². The number of rotatable bonds is 5.